The lowest BCUT2D eigenvalue weighted by Crippen LogP contribution is -2.10. The van der Waals surface area contributed by atoms with Crippen LogP contribution < -0.4 is 4.90 Å². The molecule has 286 valence electrons. The van der Waals surface area contributed by atoms with E-state index in [1.165, 1.54) is 21.8 Å². The molecule has 0 atom stereocenters. The summed E-state index contributed by atoms with van der Waals surface area (Å²) in [5.41, 5.74) is 15.2. The van der Waals surface area contributed by atoms with E-state index in [0.29, 0.717) is 0 Å². The van der Waals surface area contributed by atoms with Crippen LogP contribution in [-0.4, -0.2) is 4.57 Å². The number of aromatic nitrogens is 1. The van der Waals surface area contributed by atoms with E-state index >= 15 is 0 Å². The number of rotatable bonds is 7. The van der Waals surface area contributed by atoms with E-state index < -0.39 is 0 Å². The van der Waals surface area contributed by atoms with Gasteiger partial charge < -0.3 is 13.9 Å². The number of para-hydroxylation sites is 3. The van der Waals surface area contributed by atoms with E-state index in [1.807, 2.05) is 0 Å². The first-order valence-corrected chi connectivity index (χ1v) is 20.8. The fourth-order valence-corrected chi connectivity index (χ4v) is 9.28. The number of anilines is 3. The first kappa shape index (κ1) is 34.9. The zero-order valence-electron chi connectivity index (χ0n) is 33.2. The quantitative estimate of drug-likeness (QED) is 0.161. The molecule has 0 aliphatic rings. The Bertz CT molecular complexity index is 3470. The van der Waals surface area contributed by atoms with Crippen LogP contribution in [0, 0.1) is 0 Å². The van der Waals surface area contributed by atoms with E-state index in [1.54, 1.807) is 0 Å². The van der Waals surface area contributed by atoms with Crippen molar-refractivity contribution in [1.29, 1.82) is 0 Å². The third-order valence-corrected chi connectivity index (χ3v) is 12.1. The summed E-state index contributed by atoms with van der Waals surface area (Å²) in [6.45, 7) is 0. The molecule has 12 aromatic rings. The summed E-state index contributed by atoms with van der Waals surface area (Å²) < 4.78 is 9.39. The van der Waals surface area contributed by atoms with Crippen molar-refractivity contribution < 1.29 is 4.42 Å². The first-order valence-electron chi connectivity index (χ1n) is 20.8. The van der Waals surface area contributed by atoms with Crippen molar-refractivity contribution in [3.63, 3.8) is 0 Å². The summed E-state index contributed by atoms with van der Waals surface area (Å²) in [6, 6.07) is 82.9. The van der Waals surface area contributed by atoms with E-state index in [0.717, 1.165) is 88.8 Å². The Morgan fingerprint density at radius 3 is 1.54 bits per heavy atom. The lowest BCUT2D eigenvalue weighted by atomic mass is 9.97. The molecule has 0 bridgehead atoms. The van der Waals surface area contributed by atoms with E-state index in [9.17, 15) is 0 Å². The molecule has 0 unspecified atom stereocenters. The fourth-order valence-electron chi connectivity index (χ4n) is 9.28. The van der Waals surface area contributed by atoms with Crippen molar-refractivity contribution in [3.05, 3.63) is 231 Å². The summed E-state index contributed by atoms with van der Waals surface area (Å²) in [4.78, 5) is 2.37. The molecule has 61 heavy (non-hydrogen) atoms. The van der Waals surface area contributed by atoms with Gasteiger partial charge in [-0.2, -0.15) is 0 Å². The average molecular weight is 779 g/mol. The van der Waals surface area contributed by atoms with Gasteiger partial charge in [0.15, 0.2) is 5.58 Å². The number of nitrogens with zero attached hydrogens (tertiary/aromatic N) is 2. The molecule has 0 amide bonds. The van der Waals surface area contributed by atoms with E-state index in [4.69, 9.17) is 4.42 Å². The maximum atomic E-state index is 7.01. The smallest absolute Gasteiger partial charge is 0.159 e. The molecule has 3 heteroatoms. The largest absolute Gasteiger partial charge is 0.453 e. The van der Waals surface area contributed by atoms with Gasteiger partial charge in [-0.15, -0.1) is 0 Å². The molecule has 0 radical (unpaired) electrons. The molecule has 0 N–H and O–H groups in total. The van der Waals surface area contributed by atoms with Gasteiger partial charge in [-0.25, -0.2) is 0 Å². The molecule has 12 rings (SSSR count). The van der Waals surface area contributed by atoms with Gasteiger partial charge in [0.25, 0.3) is 0 Å². The monoisotopic (exact) mass is 778 g/mol. The number of hydrogen-bond donors (Lipinski definition) is 0. The van der Waals surface area contributed by atoms with Gasteiger partial charge in [-0.05, 0) is 105 Å². The maximum absolute atomic E-state index is 7.01. The van der Waals surface area contributed by atoms with Crippen molar-refractivity contribution in [3.8, 4) is 39.1 Å². The lowest BCUT2D eigenvalue weighted by Gasteiger charge is -2.27. The second-order valence-electron chi connectivity index (χ2n) is 15.7. The van der Waals surface area contributed by atoms with E-state index in [-0.39, 0.29) is 0 Å². The van der Waals surface area contributed by atoms with Gasteiger partial charge in [-0.1, -0.05) is 164 Å². The number of benzene rings is 10. The van der Waals surface area contributed by atoms with Gasteiger partial charge in [0.2, 0.25) is 0 Å². The van der Waals surface area contributed by atoms with Crippen molar-refractivity contribution in [1.82, 2.24) is 4.57 Å². The number of fused-ring (bicyclic) bond motifs is 8. The minimum absolute atomic E-state index is 0.850. The first-order chi connectivity index (χ1) is 30.2. The van der Waals surface area contributed by atoms with E-state index in [2.05, 4.69) is 240 Å². The summed E-state index contributed by atoms with van der Waals surface area (Å²) in [6.07, 6.45) is 0. The molecule has 0 aliphatic heterocycles. The third kappa shape index (κ3) is 5.90. The SMILES string of the molecule is c1ccc(-c2cc(-c3ccccc3)cc(N(c3ccc(-c4cccc(-n5c6ccccc6c6ccccc65)c4)cc3)c3cccc4c3oc3c5ccccc5ccc43)c2)cc1. The topological polar surface area (TPSA) is 21.3 Å². The predicted octanol–water partition coefficient (Wildman–Crippen LogP) is 16.3. The zero-order valence-corrected chi connectivity index (χ0v) is 33.2. The van der Waals surface area contributed by atoms with Crippen LogP contribution in [0.5, 0.6) is 0 Å². The third-order valence-electron chi connectivity index (χ3n) is 12.1. The van der Waals surface area contributed by atoms with Crippen molar-refractivity contribution in [2.75, 3.05) is 4.90 Å². The lowest BCUT2D eigenvalue weighted by molar-refractivity contribution is 0.673. The van der Waals surface area contributed by atoms with Gasteiger partial charge in [0.1, 0.15) is 5.58 Å². The van der Waals surface area contributed by atoms with Crippen LogP contribution in [0.3, 0.4) is 0 Å². The highest BCUT2D eigenvalue weighted by Gasteiger charge is 2.22. The second kappa shape index (κ2) is 14.3. The highest BCUT2D eigenvalue weighted by molar-refractivity contribution is 6.17. The van der Waals surface area contributed by atoms with Gasteiger partial charge >= 0.3 is 0 Å². The Morgan fingerprint density at radius 1 is 0.311 bits per heavy atom. The summed E-state index contributed by atoms with van der Waals surface area (Å²) in [5.74, 6) is 0. The molecular formula is C58H38N2O. The maximum Gasteiger partial charge on any atom is 0.159 e. The molecule has 10 aromatic carbocycles. The van der Waals surface area contributed by atoms with Crippen LogP contribution in [0.1, 0.15) is 0 Å². The Hall–Kier alpha value is -8.14. The number of furan rings is 1. The Balaban J connectivity index is 1.05. The van der Waals surface area contributed by atoms with Crippen molar-refractivity contribution in [2.24, 2.45) is 0 Å². The molecule has 0 saturated carbocycles. The molecule has 2 aromatic heterocycles. The van der Waals surface area contributed by atoms with Gasteiger partial charge in [0, 0.05) is 44.0 Å². The average Bonchev–Trinajstić information content (AvgIpc) is 3.89. The van der Waals surface area contributed by atoms with Crippen LogP contribution in [-0.2, 0) is 0 Å². The van der Waals surface area contributed by atoms with Gasteiger partial charge in [0.05, 0.1) is 16.7 Å². The summed E-state index contributed by atoms with van der Waals surface area (Å²) >= 11 is 0. The summed E-state index contributed by atoms with van der Waals surface area (Å²) in [7, 11) is 0. The Morgan fingerprint density at radius 2 is 0.852 bits per heavy atom. The normalized spacial score (nSPS) is 11.6. The van der Waals surface area contributed by atoms with Crippen molar-refractivity contribution in [2.45, 2.75) is 0 Å². The Kier molecular flexibility index (Phi) is 8.17. The molecule has 0 spiro atoms. The van der Waals surface area contributed by atoms with Crippen molar-refractivity contribution >= 4 is 71.6 Å². The molecule has 3 nitrogen and oxygen atoms in total. The van der Waals surface area contributed by atoms with Crippen LogP contribution in [0.15, 0.2) is 235 Å². The number of hydrogen-bond acceptors (Lipinski definition) is 2. The molecule has 2 heterocycles. The fraction of sp³-hybridized carbons (Fsp3) is 0. The summed E-state index contributed by atoms with van der Waals surface area (Å²) in [5, 5.41) is 6.98. The second-order valence-corrected chi connectivity index (χ2v) is 15.7. The van der Waals surface area contributed by atoms with Crippen LogP contribution in [0.2, 0.25) is 0 Å². The molecular weight excluding hydrogens is 741 g/mol. The highest BCUT2D eigenvalue weighted by Crippen LogP contribution is 2.46. The predicted molar refractivity (Wildman–Crippen MR) is 257 cm³/mol. The highest BCUT2D eigenvalue weighted by atomic mass is 16.3. The molecule has 0 fully saturated rings. The van der Waals surface area contributed by atoms with Crippen LogP contribution in [0.4, 0.5) is 17.1 Å². The zero-order chi connectivity index (χ0) is 40.3. The van der Waals surface area contributed by atoms with Gasteiger partial charge in [-0.3, -0.25) is 0 Å². The van der Waals surface area contributed by atoms with Crippen LogP contribution in [0.25, 0.3) is 93.6 Å². The molecule has 0 saturated heterocycles. The molecule has 0 aliphatic carbocycles. The standard InChI is InChI=1S/C58H38N2O/c1-3-15-39(16-4-1)44-35-45(40-17-5-2-6-18-40)38-48(37-44)59(56-28-14-25-52-53-34-31-42-19-7-8-22-49(42)57(53)61-58(52)56)46-32-29-41(30-33-46)43-20-13-21-47(36-43)60-54-26-11-9-23-50(54)51-24-10-12-27-55(51)60/h1-38H. The Labute approximate surface area is 353 Å². The van der Waals surface area contributed by atoms with Crippen LogP contribution >= 0.6 is 0 Å². The minimum Gasteiger partial charge on any atom is -0.453 e. The minimum atomic E-state index is 0.850.